The average Bonchev–Trinajstić information content (AvgIpc) is 3.10. The number of nitrogens with zero attached hydrogens (tertiary/aromatic N) is 3. The maximum Gasteiger partial charge on any atom is 0.255 e. The molecule has 3 heterocycles. The molecule has 1 amide bonds. The number of amides is 1. The largest absolute Gasteiger partial charge is 0.360 e. The zero-order valence-corrected chi connectivity index (χ0v) is 12.6. The van der Waals surface area contributed by atoms with E-state index in [1.165, 1.54) is 0 Å². The normalized spacial score (nSPS) is 18.5. The molecule has 2 N–H and O–H groups in total. The first kappa shape index (κ1) is 13.9. The van der Waals surface area contributed by atoms with Crippen molar-refractivity contribution in [3.63, 3.8) is 0 Å². The summed E-state index contributed by atoms with van der Waals surface area (Å²) in [4.78, 5) is 14.5. The average molecular weight is 288 g/mol. The fraction of sp³-hybridized carbons (Fsp3) is 0.467. The van der Waals surface area contributed by atoms with Crippen LogP contribution in [0, 0.1) is 20.8 Å². The fourth-order valence-corrected chi connectivity index (χ4v) is 2.93. The maximum atomic E-state index is 12.6. The highest BCUT2D eigenvalue weighted by Gasteiger charge is 2.27. The van der Waals surface area contributed by atoms with Gasteiger partial charge in [0.15, 0.2) is 5.82 Å². The Kier molecular flexibility index (Phi) is 3.33. The summed E-state index contributed by atoms with van der Waals surface area (Å²) in [6.45, 7) is 7.10. The monoisotopic (exact) mass is 288 g/mol. The van der Waals surface area contributed by atoms with Crippen LogP contribution in [0.25, 0.3) is 5.82 Å². The summed E-state index contributed by atoms with van der Waals surface area (Å²) in [5.74, 6) is 1.50. The third-order valence-corrected chi connectivity index (χ3v) is 4.02. The minimum atomic E-state index is 0.0440. The molecule has 1 saturated heterocycles. The van der Waals surface area contributed by atoms with Gasteiger partial charge in [-0.25, -0.2) is 0 Å². The molecule has 0 aromatic carbocycles. The minimum Gasteiger partial charge on any atom is -0.360 e. The van der Waals surface area contributed by atoms with Gasteiger partial charge in [-0.15, -0.1) is 0 Å². The van der Waals surface area contributed by atoms with Gasteiger partial charge >= 0.3 is 0 Å². The molecule has 2 aromatic heterocycles. The Bertz CT molecular complexity index is 686. The molecule has 3 rings (SSSR count). The van der Waals surface area contributed by atoms with Crippen LogP contribution in [0.3, 0.4) is 0 Å². The molecule has 0 bridgehead atoms. The van der Waals surface area contributed by atoms with E-state index in [2.05, 4.69) is 5.16 Å². The number of nitrogens with two attached hydrogens (primary N) is 1. The van der Waals surface area contributed by atoms with Crippen LogP contribution in [0.15, 0.2) is 16.7 Å². The fourth-order valence-electron chi connectivity index (χ4n) is 2.93. The van der Waals surface area contributed by atoms with Crippen LogP contribution in [-0.2, 0) is 0 Å². The molecular formula is C15H20N4O2. The summed E-state index contributed by atoms with van der Waals surface area (Å²) in [6.07, 6.45) is 0.868. The lowest BCUT2D eigenvalue weighted by atomic mass is 10.2. The molecule has 0 aliphatic carbocycles. The number of carbonyl (C=O) groups is 1. The molecule has 1 aliphatic rings. The van der Waals surface area contributed by atoms with Crippen LogP contribution in [0.4, 0.5) is 0 Å². The Morgan fingerprint density at radius 2 is 2.14 bits per heavy atom. The summed E-state index contributed by atoms with van der Waals surface area (Å²) in [6, 6.07) is 3.86. The van der Waals surface area contributed by atoms with Crippen molar-refractivity contribution in [3.8, 4) is 5.82 Å². The molecule has 21 heavy (non-hydrogen) atoms. The SMILES string of the molecule is Cc1cc(-n2c(C)cc(C(=O)N3CC[C@@H](N)C3)c2C)no1. The second-order valence-corrected chi connectivity index (χ2v) is 5.72. The Morgan fingerprint density at radius 1 is 1.38 bits per heavy atom. The number of hydrogen-bond donors (Lipinski definition) is 1. The van der Waals surface area contributed by atoms with Crippen molar-refractivity contribution in [2.24, 2.45) is 5.73 Å². The van der Waals surface area contributed by atoms with Gasteiger partial charge in [0.25, 0.3) is 5.91 Å². The van der Waals surface area contributed by atoms with Gasteiger partial charge in [0.05, 0.1) is 5.56 Å². The molecule has 2 aromatic rings. The summed E-state index contributed by atoms with van der Waals surface area (Å²) in [7, 11) is 0. The van der Waals surface area contributed by atoms with Crippen LogP contribution in [0.5, 0.6) is 0 Å². The van der Waals surface area contributed by atoms with E-state index in [0.717, 1.165) is 30.1 Å². The van der Waals surface area contributed by atoms with Gasteiger partial charge in [-0.1, -0.05) is 5.16 Å². The maximum absolute atomic E-state index is 12.6. The predicted octanol–water partition coefficient (Wildman–Crippen LogP) is 1.56. The number of hydrogen-bond acceptors (Lipinski definition) is 4. The lowest BCUT2D eigenvalue weighted by Crippen LogP contribution is -2.32. The first-order chi connectivity index (χ1) is 9.97. The molecule has 6 heteroatoms. The van der Waals surface area contributed by atoms with Gasteiger partial charge in [0.1, 0.15) is 5.76 Å². The quantitative estimate of drug-likeness (QED) is 0.909. The Hall–Kier alpha value is -2.08. The molecule has 1 fully saturated rings. The van der Waals surface area contributed by atoms with Crippen LogP contribution < -0.4 is 5.73 Å². The van der Waals surface area contributed by atoms with Gasteiger partial charge in [-0.3, -0.25) is 9.36 Å². The van der Waals surface area contributed by atoms with Crippen LogP contribution in [0.1, 0.15) is 33.9 Å². The van der Waals surface area contributed by atoms with Crippen molar-refractivity contribution in [1.82, 2.24) is 14.6 Å². The van der Waals surface area contributed by atoms with Gasteiger partial charge in [-0.05, 0) is 33.3 Å². The number of rotatable bonds is 2. The molecule has 112 valence electrons. The van der Waals surface area contributed by atoms with Crippen molar-refractivity contribution in [2.45, 2.75) is 33.2 Å². The van der Waals surface area contributed by atoms with Gasteiger partial charge in [-0.2, -0.15) is 0 Å². The highest BCUT2D eigenvalue weighted by molar-refractivity contribution is 5.96. The number of aryl methyl sites for hydroxylation is 2. The smallest absolute Gasteiger partial charge is 0.255 e. The van der Waals surface area contributed by atoms with Crippen LogP contribution in [-0.4, -0.2) is 39.7 Å². The summed E-state index contributed by atoms with van der Waals surface area (Å²) in [5, 5.41) is 4.03. The van der Waals surface area contributed by atoms with Gasteiger partial charge in [0, 0.05) is 36.6 Å². The highest BCUT2D eigenvalue weighted by atomic mass is 16.5. The van der Waals surface area contributed by atoms with E-state index < -0.39 is 0 Å². The summed E-state index contributed by atoms with van der Waals surface area (Å²) < 4.78 is 7.07. The Labute approximate surface area is 123 Å². The second-order valence-electron chi connectivity index (χ2n) is 5.72. The number of aromatic nitrogens is 2. The number of likely N-dealkylation sites (tertiary alicyclic amines) is 1. The standard InChI is InChI=1S/C15H20N4O2/c1-9-6-13(15(20)18-5-4-12(16)8-18)11(3)19(9)14-7-10(2)21-17-14/h6-7,12H,4-5,8,16H2,1-3H3/t12-/m1/s1. The van der Waals surface area contributed by atoms with Crippen molar-refractivity contribution in [3.05, 3.63) is 34.8 Å². The topological polar surface area (TPSA) is 77.3 Å². The molecule has 1 aliphatic heterocycles. The lowest BCUT2D eigenvalue weighted by molar-refractivity contribution is 0.0790. The van der Waals surface area contributed by atoms with Crippen molar-refractivity contribution in [1.29, 1.82) is 0 Å². The lowest BCUT2D eigenvalue weighted by Gasteiger charge is -2.15. The van der Waals surface area contributed by atoms with E-state index in [1.807, 2.05) is 42.4 Å². The van der Waals surface area contributed by atoms with Crippen molar-refractivity contribution >= 4 is 5.91 Å². The third-order valence-electron chi connectivity index (χ3n) is 4.02. The molecule has 0 radical (unpaired) electrons. The van der Waals surface area contributed by atoms with E-state index in [-0.39, 0.29) is 11.9 Å². The Balaban J connectivity index is 1.96. The minimum absolute atomic E-state index is 0.0440. The molecule has 0 saturated carbocycles. The van der Waals surface area contributed by atoms with Crippen LogP contribution >= 0.6 is 0 Å². The molecule has 6 nitrogen and oxygen atoms in total. The molecule has 0 unspecified atom stereocenters. The third kappa shape index (κ3) is 2.35. The predicted molar refractivity (Wildman–Crippen MR) is 78.5 cm³/mol. The zero-order chi connectivity index (χ0) is 15.1. The van der Waals surface area contributed by atoms with Gasteiger partial charge < -0.3 is 15.2 Å². The highest BCUT2D eigenvalue weighted by Crippen LogP contribution is 2.23. The van der Waals surface area contributed by atoms with Gasteiger partial charge in [0.2, 0.25) is 0 Å². The summed E-state index contributed by atoms with van der Waals surface area (Å²) >= 11 is 0. The van der Waals surface area contributed by atoms with Crippen molar-refractivity contribution < 1.29 is 9.32 Å². The second kappa shape index (κ2) is 5.04. The van der Waals surface area contributed by atoms with E-state index in [1.54, 1.807) is 0 Å². The summed E-state index contributed by atoms with van der Waals surface area (Å²) in [5.41, 5.74) is 8.44. The molecule has 0 spiro atoms. The number of carbonyl (C=O) groups excluding carboxylic acids is 1. The first-order valence-electron chi connectivity index (χ1n) is 7.15. The molecular weight excluding hydrogens is 268 g/mol. The van der Waals surface area contributed by atoms with E-state index in [9.17, 15) is 4.79 Å². The Morgan fingerprint density at radius 3 is 2.71 bits per heavy atom. The molecule has 1 atom stereocenters. The zero-order valence-electron chi connectivity index (χ0n) is 12.6. The first-order valence-corrected chi connectivity index (χ1v) is 7.15. The van der Waals surface area contributed by atoms with Crippen molar-refractivity contribution in [2.75, 3.05) is 13.1 Å². The van der Waals surface area contributed by atoms with E-state index in [4.69, 9.17) is 10.3 Å². The van der Waals surface area contributed by atoms with E-state index in [0.29, 0.717) is 17.9 Å². The van der Waals surface area contributed by atoms with Crippen LogP contribution in [0.2, 0.25) is 0 Å². The van der Waals surface area contributed by atoms with E-state index >= 15 is 0 Å².